The van der Waals surface area contributed by atoms with Gasteiger partial charge in [-0.15, -0.1) is 4.91 Å². The van der Waals surface area contributed by atoms with Gasteiger partial charge in [-0.2, -0.15) is 0 Å². The van der Waals surface area contributed by atoms with Gasteiger partial charge in [0.1, 0.15) is 17.2 Å². The van der Waals surface area contributed by atoms with E-state index in [4.69, 9.17) is 5.11 Å². The van der Waals surface area contributed by atoms with Gasteiger partial charge in [0.25, 0.3) is 0 Å². The van der Waals surface area contributed by atoms with Gasteiger partial charge in [0.05, 0.1) is 12.6 Å². The van der Waals surface area contributed by atoms with Crippen molar-refractivity contribution in [1.29, 1.82) is 0 Å². The number of nitrogens with zero attached hydrogens (tertiary/aromatic N) is 2. The van der Waals surface area contributed by atoms with E-state index in [1.54, 1.807) is 12.1 Å². The largest absolute Gasteiger partial charge is 0.508 e. The van der Waals surface area contributed by atoms with Crippen LogP contribution in [0.1, 0.15) is 17.2 Å². The first-order valence-electron chi connectivity index (χ1n) is 6.23. The summed E-state index contributed by atoms with van der Waals surface area (Å²) in [5.74, 6) is -0.122. The highest BCUT2D eigenvalue weighted by molar-refractivity contribution is 5.83. The molecule has 21 heavy (non-hydrogen) atoms. The van der Waals surface area contributed by atoms with Crippen LogP contribution in [0.2, 0.25) is 0 Å². The maximum atomic E-state index is 10.3. The molecule has 0 aliphatic rings. The minimum Gasteiger partial charge on any atom is -0.508 e. The van der Waals surface area contributed by atoms with E-state index in [9.17, 15) is 15.1 Å². The normalized spacial score (nSPS) is 12.4. The number of aliphatic imine (C=N–C) groups is 1. The zero-order chi connectivity index (χ0) is 15.2. The Labute approximate surface area is 121 Å². The Morgan fingerprint density at radius 1 is 1.10 bits per heavy atom. The molecule has 2 aromatic rings. The SMILES string of the molecule is O=Nc1ccc(C(O)CN=Cc2ccc(O)cc2O)cc1. The molecule has 6 heteroatoms. The van der Waals surface area contributed by atoms with Crippen LogP contribution < -0.4 is 0 Å². The van der Waals surface area contributed by atoms with Gasteiger partial charge in [0.15, 0.2) is 0 Å². The van der Waals surface area contributed by atoms with Gasteiger partial charge in [-0.1, -0.05) is 12.1 Å². The molecule has 0 saturated carbocycles. The van der Waals surface area contributed by atoms with Crippen LogP contribution in [0.5, 0.6) is 11.5 Å². The summed E-state index contributed by atoms with van der Waals surface area (Å²) in [6.45, 7) is 0.105. The third-order valence-electron chi connectivity index (χ3n) is 2.91. The van der Waals surface area contributed by atoms with Crippen molar-refractivity contribution in [3.05, 3.63) is 58.5 Å². The summed E-state index contributed by atoms with van der Waals surface area (Å²) in [5, 5.41) is 31.5. The van der Waals surface area contributed by atoms with Crippen LogP contribution in [0.25, 0.3) is 0 Å². The highest BCUT2D eigenvalue weighted by atomic mass is 16.3. The van der Waals surface area contributed by atoms with Crippen molar-refractivity contribution in [3.63, 3.8) is 0 Å². The predicted octanol–water partition coefficient (Wildman–Crippen LogP) is 2.65. The van der Waals surface area contributed by atoms with Crippen LogP contribution in [0, 0.1) is 4.91 Å². The molecule has 0 aliphatic heterocycles. The molecule has 2 rings (SSSR count). The average molecular weight is 286 g/mol. The Morgan fingerprint density at radius 3 is 2.43 bits per heavy atom. The standard InChI is InChI=1S/C15H14N2O4/c18-13-6-3-11(14(19)7-13)8-16-9-15(20)10-1-4-12(17-21)5-2-10/h1-8,15,18-20H,9H2. The van der Waals surface area contributed by atoms with Gasteiger partial charge in [-0.3, -0.25) is 4.99 Å². The minimum atomic E-state index is -0.818. The zero-order valence-electron chi connectivity index (χ0n) is 11.0. The lowest BCUT2D eigenvalue weighted by molar-refractivity contribution is 0.187. The fraction of sp³-hybridized carbons (Fsp3) is 0.133. The lowest BCUT2D eigenvalue weighted by atomic mass is 10.1. The highest BCUT2D eigenvalue weighted by Crippen LogP contribution is 2.21. The van der Waals surface area contributed by atoms with Crippen molar-refractivity contribution in [1.82, 2.24) is 0 Å². The van der Waals surface area contributed by atoms with Crippen molar-refractivity contribution in [2.24, 2.45) is 10.2 Å². The maximum Gasteiger partial charge on any atom is 0.128 e. The number of aromatic hydroxyl groups is 2. The smallest absolute Gasteiger partial charge is 0.128 e. The number of phenols is 2. The first-order valence-corrected chi connectivity index (χ1v) is 6.23. The Balaban J connectivity index is 2.00. The lowest BCUT2D eigenvalue weighted by Gasteiger charge is -2.07. The summed E-state index contributed by atoms with van der Waals surface area (Å²) in [6, 6.07) is 10.4. The Kier molecular flexibility index (Phi) is 4.63. The van der Waals surface area contributed by atoms with E-state index < -0.39 is 6.10 Å². The van der Waals surface area contributed by atoms with Gasteiger partial charge in [0, 0.05) is 17.8 Å². The van der Waals surface area contributed by atoms with E-state index in [2.05, 4.69) is 10.2 Å². The summed E-state index contributed by atoms with van der Waals surface area (Å²) < 4.78 is 0. The molecule has 0 amide bonds. The number of hydrogen-bond donors (Lipinski definition) is 3. The lowest BCUT2D eigenvalue weighted by Crippen LogP contribution is -2.01. The van der Waals surface area contributed by atoms with Crippen LogP contribution in [0.15, 0.2) is 52.6 Å². The number of benzene rings is 2. The second kappa shape index (κ2) is 6.62. The van der Waals surface area contributed by atoms with E-state index in [1.165, 1.54) is 36.5 Å². The molecule has 0 saturated heterocycles. The molecule has 1 atom stereocenters. The molecule has 1 unspecified atom stereocenters. The number of aliphatic hydroxyl groups is 1. The summed E-state index contributed by atoms with van der Waals surface area (Å²) in [6.07, 6.45) is 0.598. The molecule has 0 spiro atoms. The Morgan fingerprint density at radius 2 is 1.81 bits per heavy atom. The third kappa shape index (κ3) is 3.87. The average Bonchev–Trinajstić information content (AvgIpc) is 2.49. The van der Waals surface area contributed by atoms with E-state index in [-0.39, 0.29) is 18.0 Å². The molecule has 0 fully saturated rings. The van der Waals surface area contributed by atoms with Gasteiger partial charge in [-0.25, -0.2) is 0 Å². The van der Waals surface area contributed by atoms with Gasteiger partial charge < -0.3 is 15.3 Å². The molecule has 0 aromatic heterocycles. The van der Waals surface area contributed by atoms with Crippen molar-refractivity contribution in [2.45, 2.75) is 6.10 Å². The van der Waals surface area contributed by atoms with E-state index in [0.29, 0.717) is 16.8 Å². The second-order valence-corrected chi connectivity index (χ2v) is 4.44. The monoisotopic (exact) mass is 286 g/mol. The van der Waals surface area contributed by atoms with Crippen LogP contribution in [-0.2, 0) is 0 Å². The fourth-order valence-corrected chi connectivity index (χ4v) is 1.75. The van der Waals surface area contributed by atoms with Crippen LogP contribution in [0.3, 0.4) is 0 Å². The predicted molar refractivity (Wildman–Crippen MR) is 79.1 cm³/mol. The van der Waals surface area contributed by atoms with Crippen molar-refractivity contribution in [3.8, 4) is 11.5 Å². The van der Waals surface area contributed by atoms with Gasteiger partial charge >= 0.3 is 0 Å². The molecule has 2 aromatic carbocycles. The first-order chi connectivity index (χ1) is 10.1. The van der Waals surface area contributed by atoms with Crippen molar-refractivity contribution in [2.75, 3.05) is 6.54 Å². The maximum absolute atomic E-state index is 10.3. The quantitative estimate of drug-likeness (QED) is 0.580. The Hall–Kier alpha value is -2.73. The van der Waals surface area contributed by atoms with Gasteiger partial charge in [0.2, 0.25) is 0 Å². The molecule has 6 nitrogen and oxygen atoms in total. The number of nitroso groups, excluding NO2 is 1. The number of aliphatic hydroxyl groups excluding tert-OH is 1. The summed E-state index contributed by atoms with van der Waals surface area (Å²) in [4.78, 5) is 14.3. The fourth-order valence-electron chi connectivity index (χ4n) is 1.75. The molecule has 0 radical (unpaired) electrons. The highest BCUT2D eigenvalue weighted by Gasteiger charge is 2.06. The zero-order valence-corrected chi connectivity index (χ0v) is 11.0. The van der Waals surface area contributed by atoms with E-state index in [0.717, 1.165) is 0 Å². The summed E-state index contributed by atoms with van der Waals surface area (Å²) in [7, 11) is 0. The van der Waals surface area contributed by atoms with E-state index in [1.807, 2.05) is 0 Å². The van der Waals surface area contributed by atoms with Crippen LogP contribution in [0.4, 0.5) is 5.69 Å². The summed E-state index contributed by atoms with van der Waals surface area (Å²) in [5.41, 5.74) is 1.36. The number of rotatable bonds is 5. The second-order valence-electron chi connectivity index (χ2n) is 4.44. The summed E-state index contributed by atoms with van der Waals surface area (Å²) >= 11 is 0. The topological polar surface area (TPSA) is 102 Å². The molecule has 108 valence electrons. The van der Waals surface area contributed by atoms with Crippen LogP contribution in [-0.4, -0.2) is 28.1 Å². The third-order valence-corrected chi connectivity index (χ3v) is 2.91. The van der Waals surface area contributed by atoms with Crippen molar-refractivity contribution >= 4 is 11.9 Å². The number of phenolic OH excluding ortho intramolecular Hbond substituents is 2. The molecule has 0 aliphatic carbocycles. The Bertz CT molecular complexity index is 653. The molecule has 3 N–H and O–H groups in total. The van der Waals surface area contributed by atoms with E-state index >= 15 is 0 Å². The molecule has 0 bridgehead atoms. The molecule has 0 heterocycles. The minimum absolute atomic E-state index is 0.0337. The molecular weight excluding hydrogens is 272 g/mol. The first kappa shape index (κ1) is 14.7. The number of hydrogen-bond acceptors (Lipinski definition) is 6. The van der Waals surface area contributed by atoms with Gasteiger partial charge in [-0.05, 0) is 35.0 Å². The van der Waals surface area contributed by atoms with Crippen molar-refractivity contribution < 1.29 is 15.3 Å². The van der Waals surface area contributed by atoms with Crippen LogP contribution >= 0.6 is 0 Å². The molecular formula is C15H14N2O4.